The highest BCUT2D eigenvalue weighted by atomic mass is 35.5. The molecule has 0 fully saturated rings. The van der Waals surface area contributed by atoms with Crippen LogP contribution in [0.1, 0.15) is 33.1 Å². The fourth-order valence-corrected chi connectivity index (χ4v) is 1.35. The molecule has 0 aromatic heterocycles. The van der Waals surface area contributed by atoms with Gasteiger partial charge in [0.15, 0.2) is 0 Å². The van der Waals surface area contributed by atoms with Crippen LogP contribution in [0.5, 0.6) is 0 Å². The third-order valence-corrected chi connectivity index (χ3v) is 2.99. The molecule has 0 aromatic rings. The van der Waals surface area contributed by atoms with E-state index in [1.165, 1.54) is 0 Å². The van der Waals surface area contributed by atoms with E-state index in [1.54, 1.807) is 13.8 Å². The quantitative estimate of drug-likeness (QED) is 0.755. The maximum absolute atomic E-state index is 12.0. The first-order chi connectivity index (χ1) is 6.54. The molecule has 90 valence electrons. The summed E-state index contributed by atoms with van der Waals surface area (Å²) in [7, 11) is 0. The van der Waals surface area contributed by atoms with E-state index in [2.05, 4.69) is 0 Å². The molecule has 2 nitrogen and oxygen atoms in total. The van der Waals surface area contributed by atoms with Gasteiger partial charge in [-0.05, 0) is 11.8 Å². The van der Waals surface area contributed by atoms with Gasteiger partial charge in [0.25, 0.3) is 0 Å². The maximum atomic E-state index is 12.0. The van der Waals surface area contributed by atoms with Crippen molar-refractivity contribution in [1.82, 2.24) is 0 Å². The molecular formula is C9H14ClF3O2. The van der Waals surface area contributed by atoms with E-state index in [0.29, 0.717) is 0 Å². The van der Waals surface area contributed by atoms with Crippen LogP contribution in [0.25, 0.3) is 0 Å². The standard InChI is InChI=1S/C9H14ClF3O2/c1-8(2,4-3-7(14)15)6(10)5-9(11,12)13/h6H,3-5H2,1-2H3,(H,14,15). The number of alkyl halides is 4. The summed E-state index contributed by atoms with van der Waals surface area (Å²) in [6.45, 7) is 3.08. The van der Waals surface area contributed by atoms with Gasteiger partial charge in [-0.15, -0.1) is 11.6 Å². The normalized spacial score (nSPS) is 15.1. The van der Waals surface area contributed by atoms with Crippen LogP contribution in [0.15, 0.2) is 0 Å². The number of carbonyl (C=O) groups is 1. The minimum absolute atomic E-state index is 0.132. The summed E-state index contributed by atoms with van der Waals surface area (Å²) >= 11 is 5.63. The van der Waals surface area contributed by atoms with E-state index in [0.717, 1.165) is 0 Å². The summed E-state index contributed by atoms with van der Waals surface area (Å²) in [5, 5.41) is 7.33. The second-order valence-corrected chi connectivity index (χ2v) is 4.70. The number of halogens is 4. The summed E-state index contributed by atoms with van der Waals surface area (Å²) in [6.07, 6.45) is -5.45. The van der Waals surface area contributed by atoms with E-state index in [9.17, 15) is 18.0 Å². The Morgan fingerprint density at radius 2 is 1.87 bits per heavy atom. The number of rotatable bonds is 5. The fourth-order valence-electron chi connectivity index (χ4n) is 1.07. The highest BCUT2D eigenvalue weighted by Crippen LogP contribution is 2.37. The van der Waals surface area contributed by atoms with Crippen molar-refractivity contribution in [2.24, 2.45) is 5.41 Å². The average Bonchev–Trinajstić information content (AvgIpc) is 1.97. The fraction of sp³-hybridized carbons (Fsp3) is 0.889. The molecule has 1 atom stereocenters. The van der Waals surface area contributed by atoms with Gasteiger partial charge in [-0.2, -0.15) is 13.2 Å². The molecule has 15 heavy (non-hydrogen) atoms. The molecule has 0 rings (SSSR count). The van der Waals surface area contributed by atoms with Crippen LogP contribution in [0.3, 0.4) is 0 Å². The van der Waals surface area contributed by atoms with Gasteiger partial charge in [0.05, 0.1) is 6.42 Å². The Morgan fingerprint density at radius 3 is 2.20 bits per heavy atom. The molecule has 0 amide bonds. The van der Waals surface area contributed by atoms with Gasteiger partial charge in [0.1, 0.15) is 0 Å². The number of hydrogen-bond acceptors (Lipinski definition) is 1. The zero-order valence-electron chi connectivity index (χ0n) is 8.57. The van der Waals surface area contributed by atoms with E-state index >= 15 is 0 Å². The predicted octanol–water partition coefficient (Wildman–Crippen LogP) is 3.44. The molecule has 0 heterocycles. The first-order valence-electron chi connectivity index (χ1n) is 4.47. The van der Waals surface area contributed by atoms with Crippen LogP contribution in [-0.2, 0) is 4.79 Å². The Balaban J connectivity index is 4.25. The molecule has 0 spiro atoms. The van der Waals surface area contributed by atoms with E-state index < -0.39 is 29.4 Å². The number of aliphatic carboxylic acids is 1. The third kappa shape index (κ3) is 6.60. The lowest BCUT2D eigenvalue weighted by Crippen LogP contribution is -2.30. The number of hydrogen-bond donors (Lipinski definition) is 1. The highest BCUT2D eigenvalue weighted by Gasteiger charge is 2.38. The molecule has 0 saturated carbocycles. The Bertz CT molecular complexity index is 226. The Labute approximate surface area is 91.4 Å². The topological polar surface area (TPSA) is 37.3 Å². The summed E-state index contributed by atoms with van der Waals surface area (Å²) < 4.78 is 36.1. The zero-order valence-corrected chi connectivity index (χ0v) is 9.32. The molecule has 0 radical (unpaired) electrons. The lowest BCUT2D eigenvalue weighted by atomic mass is 9.82. The molecule has 0 bridgehead atoms. The lowest BCUT2D eigenvalue weighted by Gasteiger charge is -2.30. The van der Waals surface area contributed by atoms with Crippen molar-refractivity contribution < 1.29 is 23.1 Å². The van der Waals surface area contributed by atoms with Crippen molar-refractivity contribution in [3.05, 3.63) is 0 Å². The van der Waals surface area contributed by atoms with Crippen molar-refractivity contribution in [2.45, 2.75) is 44.7 Å². The molecular weight excluding hydrogens is 233 g/mol. The molecule has 0 aliphatic heterocycles. The minimum atomic E-state index is -4.31. The molecule has 0 aliphatic carbocycles. The van der Waals surface area contributed by atoms with Crippen LogP contribution >= 0.6 is 11.6 Å². The monoisotopic (exact) mass is 246 g/mol. The molecule has 0 saturated heterocycles. The van der Waals surface area contributed by atoms with Gasteiger partial charge in [0, 0.05) is 11.8 Å². The predicted molar refractivity (Wildman–Crippen MR) is 51.0 cm³/mol. The van der Waals surface area contributed by atoms with E-state index in [4.69, 9.17) is 16.7 Å². The number of carboxylic acid groups (broad SMARTS) is 1. The van der Waals surface area contributed by atoms with Crippen molar-refractivity contribution in [3.8, 4) is 0 Å². The van der Waals surface area contributed by atoms with Crippen LogP contribution in [0.2, 0.25) is 0 Å². The first-order valence-corrected chi connectivity index (χ1v) is 4.91. The number of carboxylic acids is 1. The second kappa shape index (κ2) is 5.05. The molecule has 1 N–H and O–H groups in total. The van der Waals surface area contributed by atoms with Gasteiger partial charge in [-0.25, -0.2) is 0 Å². The lowest BCUT2D eigenvalue weighted by molar-refractivity contribution is -0.140. The van der Waals surface area contributed by atoms with Gasteiger partial charge in [0.2, 0.25) is 0 Å². The molecule has 0 aliphatic rings. The molecule has 6 heteroatoms. The Kier molecular flexibility index (Phi) is 4.90. The van der Waals surface area contributed by atoms with Crippen molar-refractivity contribution in [1.29, 1.82) is 0 Å². The summed E-state index contributed by atoms with van der Waals surface area (Å²) in [5.41, 5.74) is -0.838. The SMILES string of the molecule is CC(C)(CCC(=O)O)C(Cl)CC(F)(F)F. The van der Waals surface area contributed by atoms with Crippen LogP contribution < -0.4 is 0 Å². The van der Waals surface area contributed by atoms with Crippen LogP contribution in [0, 0.1) is 5.41 Å². The van der Waals surface area contributed by atoms with Gasteiger partial charge in [-0.1, -0.05) is 13.8 Å². The van der Waals surface area contributed by atoms with Crippen LogP contribution in [0.4, 0.5) is 13.2 Å². The highest BCUT2D eigenvalue weighted by molar-refractivity contribution is 6.21. The smallest absolute Gasteiger partial charge is 0.390 e. The van der Waals surface area contributed by atoms with Gasteiger partial charge < -0.3 is 5.11 Å². The first kappa shape index (κ1) is 14.6. The third-order valence-electron chi connectivity index (χ3n) is 2.24. The van der Waals surface area contributed by atoms with E-state index in [-0.39, 0.29) is 12.8 Å². The van der Waals surface area contributed by atoms with Crippen molar-refractivity contribution in [2.75, 3.05) is 0 Å². The summed E-state index contributed by atoms with van der Waals surface area (Å²) in [5.74, 6) is -1.03. The van der Waals surface area contributed by atoms with Crippen molar-refractivity contribution in [3.63, 3.8) is 0 Å². The van der Waals surface area contributed by atoms with Gasteiger partial charge >= 0.3 is 12.1 Å². The summed E-state index contributed by atoms with van der Waals surface area (Å²) in [4.78, 5) is 10.3. The largest absolute Gasteiger partial charge is 0.481 e. The average molecular weight is 247 g/mol. The Hall–Kier alpha value is -0.450. The summed E-state index contributed by atoms with van der Waals surface area (Å²) in [6, 6.07) is 0. The van der Waals surface area contributed by atoms with Crippen LogP contribution in [-0.4, -0.2) is 22.6 Å². The Morgan fingerprint density at radius 1 is 1.40 bits per heavy atom. The minimum Gasteiger partial charge on any atom is -0.481 e. The van der Waals surface area contributed by atoms with Crippen molar-refractivity contribution >= 4 is 17.6 Å². The van der Waals surface area contributed by atoms with Gasteiger partial charge in [-0.3, -0.25) is 4.79 Å². The second-order valence-electron chi connectivity index (χ2n) is 4.17. The zero-order chi connectivity index (χ0) is 12.3. The molecule has 1 unspecified atom stereocenters. The maximum Gasteiger partial charge on any atom is 0.390 e. The van der Waals surface area contributed by atoms with E-state index in [1.807, 2.05) is 0 Å². The molecule has 0 aromatic carbocycles.